The average molecular weight is 379 g/mol. The molecule has 0 aliphatic heterocycles. The van der Waals surface area contributed by atoms with E-state index < -0.39 is 0 Å². The third-order valence-electron chi connectivity index (χ3n) is 2.46. The minimum absolute atomic E-state index is 0.121. The molecule has 1 N–H and O–H groups in total. The van der Waals surface area contributed by atoms with Crippen LogP contribution in [0.5, 0.6) is 0 Å². The van der Waals surface area contributed by atoms with Gasteiger partial charge >= 0.3 is 0 Å². The third-order valence-corrected chi connectivity index (χ3v) is 4.76. The summed E-state index contributed by atoms with van der Waals surface area (Å²) in [6, 6.07) is 9.19. The van der Waals surface area contributed by atoms with Gasteiger partial charge in [0.15, 0.2) is 0 Å². The van der Waals surface area contributed by atoms with E-state index in [1.165, 1.54) is 0 Å². The highest BCUT2D eigenvalue weighted by Crippen LogP contribution is 2.33. The summed E-state index contributed by atoms with van der Waals surface area (Å²) in [5.74, 6) is -0.212. The Morgan fingerprint density at radius 1 is 1.24 bits per heavy atom. The van der Waals surface area contributed by atoms with Gasteiger partial charge in [-0.1, -0.05) is 12.1 Å². The van der Waals surface area contributed by atoms with Gasteiger partial charge in [0.2, 0.25) is 0 Å². The predicted octanol–water partition coefficient (Wildman–Crippen LogP) is 4.72. The van der Waals surface area contributed by atoms with Gasteiger partial charge in [0, 0.05) is 10.4 Å². The van der Waals surface area contributed by atoms with Gasteiger partial charge in [-0.05, 0) is 57.1 Å². The van der Waals surface area contributed by atoms with E-state index in [9.17, 15) is 4.39 Å². The number of nitrogens with one attached hydrogen (secondary N) is 1. The molecule has 1 nitrogen and oxygen atoms in total. The molecule has 5 heteroatoms. The Morgan fingerprint density at radius 3 is 2.59 bits per heavy atom. The van der Waals surface area contributed by atoms with Crippen molar-refractivity contribution in [1.82, 2.24) is 5.32 Å². The lowest BCUT2D eigenvalue weighted by Gasteiger charge is -2.16. The molecule has 0 aliphatic carbocycles. The zero-order valence-electron chi connectivity index (χ0n) is 9.01. The van der Waals surface area contributed by atoms with Crippen molar-refractivity contribution in [1.29, 1.82) is 0 Å². The first-order valence-electron chi connectivity index (χ1n) is 5.00. The molecule has 1 atom stereocenters. The van der Waals surface area contributed by atoms with Crippen molar-refractivity contribution in [3.8, 4) is 0 Å². The van der Waals surface area contributed by atoms with Crippen LogP contribution in [0.15, 0.2) is 38.6 Å². The second kappa shape index (κ2) is 5.61. The molecule has 0 fully saturated rings. The van der Waals surface area contributed by atoms with Crippen molar-refractivity contribution in [2.24, 2.45) is 0 Å². The lowest BCUT2D eigenvalue weighted by Crippen LogP contribution is -2.17. The number of halogens is 3. The first kappa shape index (κ1) is 13.2. The molecule has 90 valence electrons. The quantitative estimate of drug-likeness (QED) is 0.814. The maximum atomic E-state index is 14.0. The molecule has 0 saturated heterocycles. The third kappa shape index (κ3) is 2.78. The van der Waals surface area contributed by atoms with Crippen molar-refractivity contribution >= 4 is 43.2 Å². The van der Waals surface area contributed by atoms with E-state index >= 15 is 0 Å². The number of hydrogen-bond acceptors (Lipinski definition) is 2. The smallest absolute Gasteiger partial charge is 0.142 e. The molecule has 1 aromatic heterocycles. The van der Waals surface area contributed by atoms with Gasteiger partial charge in [-0.15, -0.1) is 11.3 Å². The molecule has 0 saturated carbocycles. The van der Waals surface area contributed by atoms with E-state index in [4.69, 9.17) is 0 Å². The van der Waals surface area contributed by atoms with Crippen LogP contribution >= 0.6 is 43.2 Å². The van der Waals surface area contributed by atoms with Gasteiger partial charge < -0.3 is 5.32 Å². The van der Waals surface area contributed by atoms with Gasteiger partial charge in [-0.2, -0.15) is 0 Å². The highest BCUT2D eigenvalue weighted by molar-refractivity contribution is 9.11. The highest BCUT2D eigenvalue weighted by atomic mass is 79.9. The summed E-state index contributed by atoms with van der Waals surface area (Å²) >= 11 is 8.24. The predicted molar refractivity (Wildman–Crippen MR) is 77.0 cm³/mol. The first-order valence-corrected chi connectivity index (χ1v) is 7.40. The molecule has 17 heavy (non-hydrogen) atoms. The Bertz CT molecular complexity index is 527. The maximum Gasteiger partial charge on any atom is 0.142 e. The van der Waals surface area contributed by atoms with Crippen LogP contribution in [0.1, 0.15) is 16.5 Å². The molecular weight excluding hydrogens is 369 g/mol. The van der Waals surface area contributed by atoms with Crippen LogP contribution in [0.2, 0.25) is 0 Å². The van der Waals surface area contributed by atoms with Crippen LogP contribution in [0, 0.1) is 5.82 Å². The summed E-state index contributed by atoms with van der Waals surface area (Å²) in [5, 5.41) is 3.14. The maximum absolute atomic E-state index is 14.0. The van der Waals surface area contributed by atoms with Crippen LogP contribution in [0.25, 0.3) is 0 Å². The van der Waals surface area contributed by atoms with Crippen LogP contribution in [-0.2, 0) is 0 Å². The Kier molecular flexibility index (Phi) is 4.36. The molecule has 1 aromatic carbocycles. The lowest BCUT2D eigenvalue weighted by atomic mass is 10.1. The molecular formula is C12H10Br2FNS. The summed E-state index contributed by atoms with van der Waals surface area (Å²) in [7, 11) is 1.83. The standard InChI is InChI=1S/C12H10Br2FNS/c1-16-12(9-5-6-10(14)17-9)7-3-2-4-8(13)11(7)15/h2-6,12,16H,1H3. The van der Waals surface area contributed by atoms with Gasteiger partial charge in [0.05, 0.1) is 14.3 Å². The molecule has 2 aromatic rings. The lowest BCUT2D eigenvalue weighted by molar-refractivity contribution is 0.574. The van der Waals surface area contributed by atoms with Crippen molar-refractivity contribution in [2.45, 2.75) is 6.04 Å². The van der Waals surface area contributed by atoms with E-state index in [0.29, 0.717) is 10.0 Å². The Labute approximate surface area is 120 Å². The van der Waals surface area contributed by atoms with E-state index in [0.717, 1.165) is 8.66 Å². The summed E-state index contributed by atoms with van der Waals surface area (Å²) < 4.78 is 15.6. The van der Waals surface area contributed by atoms with Crippen molar-refractivity contribution in [3.05, 3.63) is 54.8 Å². The first-order chi connectivity index (χ1) is 8.13. The van der Waals surface area contributed by atoms with Gasteiger partial charge in [-0.3, -0.25) is 0 Å². The molecule has 0 aliphatic rings. The Balaban J connectivity index is 2.45. The van der Waals surface area contributed by atoms with Crippen molar-refractivity contribution < 1.29 is 4.39 Å². The van der Waals surface area contributed by atoms with Crippen LogP contribution in [0.4, 0.5) is 4.39 Å². The summed E-state index contributed by atoms with van der Waals surface area (Å²) in [6.45, 7) is 0. The average Bonchev–Trinajstić information content (AvgIpc) is 2.72. The van der Waals surface area contributed by atoms with E-state index in [1.54, 1.807) is 23.5 Å². The zero-order valence-corrected chi connectivity index (χ0v) is 13.0. The molecule has 0 radical (unpaired) electrons. The topological polar surface area (TPSA) is 12.0 Å². The fourth-order valence-electron chi connectivity index (χ4n) is 1.68. The fourth-order valence-corrected chi connectivity index (χ4v) is 3.61. The number of rotatable bonds is 3. The summed E-state index contributed by atoms with van der Waals surface area (Å²) in [6.07, 6.45) is 0. The normalized spacial score (nSPS) is 12.7. The second-order valence-electron chi connectivity index (χ2n) is 3.51. The largest absolute Gasteiger partial charge is 0.309 e. The van der Waals surface area contributed by atoms with Gasteiger partial charge in [-0.25, -0.2) is 4.39 Å². The van der Waals surface area contributed by atoms with E-state index in [-0.39, 0.29) is 11.9 Å². The number of benzene rings is 1. The summed E-state index contributed by atoms with van der Waals surface area (Å²) in [4.78, 5) is 1.08. The Hall–Kier alpha value is -0.230. The zero-order chi connectivity index (χ0) is 12.4. The van der Waals surface area contributed by atoms with Gasteiger partial charge in [0.25, 0.3) is 0 Å². The second-order valence-corrected chi connectivity index (χ2v) is 6.86. The molecule has 1 heterocycles. The van der Waals surface area contributed by atoms with E-state index in [2.05, 4.69) is 37.2 Å². The fraction of sp³-hybridized carbons (Fsp3) is 0.167. The summed E-state index contributed by atoms with van der Waals surface area (Å²) in [5.41, 5.74) is 0.649. The minimum Gasteiger partial charge on any atom is -0.309 e. The molecule has 1 unspecified atom stereocenters. The van der Waals surface area contributed by atoms with Crippen LogP contribution < -0.4 is 5.32 Å². The van der Waals surface area contributed by atoms with Gasteiger partial charge in [0.1, 0.15) is 5.82 Å². The monoisotopic (exact) mass is 377 g/mol. The van der Waals surface area contributed by atoms with Crippen molar-refractivity contribution in [3.63, 3.8) is 0 Å². The van der Waals surface area contributed by atoms with Crippen molar-refractivity contribution in [2.75, 3.05) is 7.05 Å². The highest BCUT2D eigenvalue weighted by Gasteiger charge is 2.18. The Morgan fingerprint density at radius 2 is 2.00 bits per heavy atom. The minimum atomic E-state index is -0.212. The SMILES string of the molecule is CNC(c1ccc(Br)s1)c1cccc(Br)c1F. The molecule has 0 amide bonds. The molecule has 2 rings (SSSR count). The molecule has 0 spiro atoms. The number of thiophene rings is 1. The van der Waals surface area contributed by atoms with Crippen LogP contribution in [-0.4, -0.2) is 7.05 Å². The number of hydrogen-bond donors (Lipinski definition) is 1. The molecule has 0 bridgehead atoms. The van der Waals surface area contributed by atoms with E-state index in [1.807, 2.05) is 25.2 Å². The van der Waals surface area contributed by atoms with Crippen LogP contribution in [0.3, 0.4) is 0 Å².